The van der Waals surface area contributed by atoms with Crippen molar-refractivity contribution in [2.75, 3.05) is 31.5 Å². The molecule has 32 heavy (non-hydrogen) atoms. The lowest BCUT2D eigenvalue weighted by atomic mass is 9.96. The van der Waals surface area contributed by atoms with Gasteiger partial charge in [-0.15, -0.1) is 0 Å². The molecule has 0 radical (unpaired) electrons. The zero-order valence-electron chi connectivity index (χ0n) is 18.4. The summed E-state index contributed by atoms with van der Waals surface area (Å²) in [6.07, 6.45) is 0.935. The van der Waals surface area contributed by atoms with E-state index in [9.17, 15) is 9.59 Å². The molecule has 1 N–H and O–H groups in total. The van der Waals surface area contributed by atoms with Gasteiger partial charge in [-0.2, -0.15) is 0 Å². The van der Waals surface area contributed by atoms with Gasteiger partial charge in [0.1, 0.15) is 0 Å². The van der Waals surface area contributed by atoms with Crippen molar-refractivity contribution in [3.8, 4) is 0 Å². The summed E-state index contributed by atoms with van der Waals surface area (Å²) in [7, 11) is 0. The van der Waals surface area contributed by atoms with Gasteiger partial charge in [0, 0.05) is 31.9 Å². The number of aryl methyl sites for hydroxylation is 1. The molecular formula is C27H29N3O2. The molecule has 3 aromatic carbocycles. The summed E-state index contributed by atoms with van der Waals surface area (Å²) in [5.74, 6) is -1.05. The number of carbonyl (C=O) groups excluding carboxylic acids is 2. The van der Waals surface area contributed by atoms with Gasteiger partial charge in [0.25, 0.3) is 0 Å². The van der Waals surface area contributed by atoms with E-state index < -0.39 is 11.8 Å². The number of nitrogens with zero attached hydrogens (tertiary/aromatic N) is 2. The van der Waals surface area contributed by atoms with E-state index in [1.54, 1.807) is 4.90 Å². The van der Waals surface area contributed by atoms with Crippen LogP contribution >= 0.6 is 0 Å². The molecule has 0 unspecified atom stereocenters. The molecule has 0 bridgehead atoms. The third kappa shape index (κ3) is 5.06. The molecule has 164 valence electrons. The minimum Gasteiger partial charge on any atom is -0.332 e. The summed E-state index contributed by atoms with van der Waals surface area (Å²) in [4.78, 5) is 29.3. The first kappa shape index (κ1) is 21.8. The number of hydrogen-bond donors (Lipinski definition) is 1. The Kier molecular flexibility index (Phi) is 6.97. The van der Waals surface area contributed by atoms with Crippen molar-refractivity contribution in [3.05, 3.63) is 102 Å². The molecule has 3 aromatic rings. The van der Waals surface area contributed by atoms with Crippen LogP contribution < -0.4 is 5.32 Å². The molecule has 1 aliphatic rings. The minimum absolute atomic E-state index is 0.126. The van der Waals surface area contributed by atoms with E-state index in [0.29, 0.717) is 31.9 Å². The summed E-state index contributed by atoms with van der Waals surface area (Å²) in [6, 6.07) is 28.6. The van der Waals surface area contributed by atoms with Crippen molar-refractivity contribution in [2.24, 2.45) is 0 Å². The van der Waals surface area contributed by atoms with Gasteiger partial charge in [0.05, 0.1) is 6.04 Å². The van der Waals surface area contributed by atoms with E-state index in [-0.39, 0.29) is 6.04 Å². The van der Waals surface area contributed by atoms with Crippen LogP contribution in [0.1, 0.15) is 29.7 Å². The van der Waals surface area contributed by atoms with E-state index >= 15 is 0 Å². The van der Waals surface area contributed by atoms with Crippen LogP contribution in [0.25, 0.3) is 0 Å². The van der Waals surface area contributed by atoms with Gasteiger partial charge >= 0.3 is 11.8 Å². The lowest BCUT2D eigenvalue weighted by molar-refractivity contribution is -0.144. The topological polar surface area (TPSA) is 52.7 Å². The number of anilines is 1. The lowest BCUT2D eigenvalue weighted by Crippen LogP contribution is -2.52. The summed E-state index contributed by atoms with van der Waals surface area (Å²) in [5.41, 5.74) is 4.29. The smallest absolute Gasteiger partial charge is 0.313 e. The lowest BCUT2D eigenvalue weighted by Gasteiger charge is -2.39. The highest BCUT2D eigenvalue weighted by molar-refractivity contribution is 6.39. The van der Waals surface area contributed by atoms with Crippen molar-refractivity contribution in [2.45, 2.75) is 19.4 Å². The standard InChI is InChI=1S/C27H29N3O2/c1-2-21-13-15-24(16-14-21)28-26(31)27(32)30-19-17-29(18-20-30)25(22-9-5-3-6-10-22)23-11-7-4-8-12-23/h3-16,25H,2,17-20H2,1H3,(H,28,31). The zero-order valence-corrected chi connectivity index (χ0v) is 18.4. The van der Waals surface area contributed by atoms with Gasteiger partial charge in [0.2, 0.25) is 0 Å². The maximum Gasteiger partial charge on any atom is 0.313 e. The second-order valence-corrected chi connectivity index (χ2v) is 8.06. The van der Waals surface area contributed by atoms with E-state index in [4.69, 9.17) is 0 Å². The van der Waals surface area contributed by atoms with Crippen LogP contribution in [0, 0.1) is 0 Å². The van der Waals surface area contributed by atoms with Crippen LogP contribution in [-0.4, -0.2) is 47.8 Å². The van der Waals surface area contributed by atoms with Crippen LogP contribution in [-0.2, 0) is 16.0 Å². The molecule has 1 saturated heterocycles. The predicted octanol–water partition coefficient (Wildman–Crippen LogP) is 4.12. The number of carbonyl (C=O) groups is 2. The second-order valence-electron chi connectivity index (χ2n) is 8.06. The number of hydrogen-bond acceptors (Lipinski definition) is 3. The van der Waals surface area contributed by atoms with Crippen molar-refractivity contribution >= 4 is 17.5 Å². The largest absolute Gasteiger partial charge is 0.332 e. The van der Waals surface area contributed by atoms with Crippen LogP contribution in [0.15, 0.2) is 84.9 Å². The van der Waals surface area contributed by atoms with Gasteiger partial charge < -0.3 is 10.2 Å². The Morgan fingerprint density at radius 2 is 1.31 bits per heavy atom. The molecule has 0 aromatic heterocycles. The van der Waals surface area contributed by atoms with Crippen LogP contribution in [0.4, 0.5) is 5.69 Å². The molecule has 0 atom stereocenters. The second kappa shape index (κ2) is 10.2. The predicted molar refractivity (Wildman–Crippen MR) is 127 cm³/mol. The maximum absolute atomic E-state index is 12.7. The highest BCUT2D eigenvalue weighted by Crippen LogP contribution is 2.29. The summed E-state index contributed by atoms with van der Waals surface area (Å²) in [6.45, 7) is 4.54. The summed E-state index contributed by atoms with van der Waals surface area (Å²) < 4.78 is 0. The average Bonchev–Trinajstić information content (AvgIpc) is 2.86. The summed E-state index contributed by atoms with van der Waals surface area (Å²) >= 11 is 0. The van der Waals surface area contributed by atoms with Gasteiger partial charge in [-0.3, -0.25) is 14.5 Å². The Bertz CT molecular complexity index is 988. The number of piperazine rings is 1. The Hall–Kier alpha value is -3.44. The molecule has 0 aliphatic carbocycles. The third-order valence-electron chi connectivity index (χ3n) is 6.01. The van der Waals surface area contributed by atoms with Crippen molar-refractivity contribution in [3.63, 3.8) is 0 Å². The fourth-order valence-corrected chi connectivity index (χ4v) is 4.22. The minimum atomic E-state index is -0.578. The van der Waals surface area contributed by atoms with Crippen LogP contribution in [0.5, 0.6) is 0 Å². The number of amides is 2. The zero-order chi connectivity index (χ0) is 22.3. The molecule has 0 spiro atoms. The average molecular weight is 428 g/mol. The molecular weight excluding hydrogens is 398 g/mol. The van der Waals surface area contributed by atoms with E-state index in [1.165, 1.54) is 16.7 Å². The van der Waals surface area contributed by atoms with E-state index in [0.717, 1.165) is 6.42 Å². The fraction of sp³-hybridized carbons (Fsp3) is 0.259. The molecule has 5 heteroatoms. The molecule has 1 heterocycles. The fourth-order valence-electron chi connectivity index (χ4n) is 4.22. The molecule has 2 amide bonds. The quantitative estimate of drug-likeness (QED) is 0.623. The monoisotopic (exact) mass is 427 g/mol. The van der Waals surface area contributed by atoms with Gasteiger partial charge in [-0.25, -0.2) is 0 Å². The van der Waals surface area contributed by atoms with E-state index in [1.807, 2.05) is 36.4 Å². The van der Waals surface area contributed by atoms with Crippen molar-refractivity contribution in [1.82, 2.24) is 9.80 Å². The van der Waals surface area contributed by atoms with E-state index in [2.05, 4.69) is 65.7 Å². The molecule has 5 nitrogen and oxygen atoms in total. The van der Waals surface area contributed by atoms with Crippen molar-refractivity contribution < 1.29 is 9.59 Å². The third-order valence-corrected chi connectivity index (χ3v) is 6.01. The highest BCUT2D eigenvalue weighted by atomic mass is 16.2. The SMILES string of the molecule is CCc1ccc(NC(=O)C(=O)N2CCN(C(c3ccccc3)c3ccccc3)CC2)cc1. The summed E-state index contributed by atoms with van der Waals surface area (Å²) in [5, 5.41) is 2.73. The number of benzene rings is 3. The van der Waals surface area contributed by atoms with Gasteiger partial charge in [0.15, 0.2) is 0 Å². The first-order valence-electron chi connectivity index (χ1n) is 11.2. The molecule has 1 fully saturated rings. The van der Waals surface area contributed by atoms with Crippen LogP contribution in [0.3, 0.4) is 0 Å². The normalized spacial score (nSPS) is 14.4. The van der Waals surface area contributed by atoms with Crippen LogP contribution in [0.2, 0.25) is 0 Å². The van der Waals surface area contributed by atoms with Crippen molar-refractivity contribution in [1.29, 1.82) is 0 Å². The Morgan fingerprint density at radius 3 is 1.81 bits per heavy atom. The first-order chi connectivity index (χ1) is 15.7. The number of nitrogens with one attached hydrogen (secondary N) is 1. The molecule has 0 saturated carbocycles. The Morgan fingerprint density at radius 1 is 0.781 bits per heavy atom. The Balaban J connectivity index is 1.40. The van der Waals surface area contributed by atoms with Gasteiger partial charge in [-0.1, -0.05) is 79.7 Å². The highest BCUT2D eigenvalue weighted by Gasteiger charge is 2.30. The van der Waals surface area contributed by atoms with Gasteiger partial charge in [-0.05, 0) is 35.2 Å². The Labute approximate surface area is 189 Å². The molecule has 1 aliphatic heterocycles. The number of rotatable bonds is 5. The first-order valence-corrected chi connectivity index (χ1v) is 11.2. The maximum atomic E-state index is 12.7. The molecule has 4 rings (SSSR count).